The summed E-state index contributed by atoms with van der Waals surface area (Å²) in [5.41, 5.74) is 3.42. The number of carbonyl (C=O) groups excluding carboxylic acids is 1. The van der Waals surface area contributed by atoms with Crippen molar-refractivity contribution in [1.82, 2.24) is 10.2 Å². The normalized spacial score (nSPS) is 19.6. The van der Waals surface area contributed by atoms with Crippen LogP contribution in [-0.2, 0) is 10.0 Å². The number of aliphatic hydroxyl groups is 1. The molecule has 224 valence electrons. The van der Waals surface area contributed by atoms with Crippen molar-refractivity contribution in [2.45, 2.75) is 44.4 Å². The summed E-state index contributed by atoms with van der Waals surface area (Å²) < 4.78 is 54.9. The van der Waals surface area contributed by atoms with Gasteiger partial charge in [0.05, 0.1) is 41.2 Å². The number of nitrogens with one attached hydrogen (secondary N) is 2. The van der Waals surface area contributed by atoms with E-state index in [2.05, 4.69) is 25.1 Å². The molecule has 2 saturated heterocycles. The van der Waals surface area contributed by atoms with Crippen LogP contribution in [0.3, 0.4) is 0 Å². The van der Waals surface area contributed by atoms with Crippen LogP contribution in [0.5, 0.6) is 0 Å². The topological polar surface area (TPSA) is 128 Å². The third-order valence-electron chi connectivity index (χ3n) is 8.69. The van der Waals surface area contributed by atoms with E-state index in [1.54, 1.807) is 36.5 Å². The van der Waals surface area contributed by atoms with Crippen LogP contribution in [0.4, 0.5) is 31.5 Å². The lowest BCUT2D eigenvalue weighted by molar-refractivity contribution is -0.0220. The van der Waals surface area contributed by atoms with Crippen LogP contribution in [-0.4, -0.2) is 74.1 Å². The molecule has 1 aromatic heterocycles. The van der Waals surface area contributed by atoms with Gasteiger partial charge in [-0.2, -0.15) is 5.10 Å². The Morgan fingerprint density at radius 2 is 1.57 bits per heavy atom. The number of hydrogen-bond donors (Lipinski definition) is 3. The number of sulfonamides is 1. The van der Waals surface area contributed by atoms with Gasteiger partial charge in [0, 0.05) is 50.1 Å². The zero-order chi connectivity index (χ0) is 29.5. The van der Waals surface area contributed by atoms with E-state index in [9.17, 15) is 22.0 Å². The number of benzene rings is 2. The third-order valence-corrected chi connectivity index (χ3v) is 9.96. The minimum absolute atomic E-state index is 0.157. The van der Waals surface area contributed by atoms with Crippen molar-refractivity contribution in [2.24, 2.45) is 5.41 Å². The maximum Gasteiger partial charge on any atom is 0.257 e. The van der Waals surface area contributed by atoms with E-state index >= 15 is 0 Å². The molecule has 1 saturated carbocycles. The van der Waals surface area contributed by atoms with Gasteiger partial charge >= 0.3 is 0 Å². The molecule has 3 fully saturated rings. The average Bonchev–Trinajstić information content (AvgIpc) is 3.71. The van der Waals surface area contributed by atoms with Gasteiger partial charge in [-0.25, -0.2) is 17.2 Å². The minimum atomic E-state index is -3.75. The number of rotatable bonds is 8. The highest BCUT2D eigenvalue weighted by atomic mass is 32.2. The second-order valence-electron chi connectivity index (χ2n) is 11.6. The molecule has 1 amide bonds. The number of piperidine rings is 2. The molecule has 0 bridgehead atoms. The van der Waals surface area contributed by atoms with Crippen LogP contribution in [0, 0.1) is 5.41 Å². The summed E-state index contributed by atoms with van der Waals surface area (Å²) in [5.74, 6) is -3.51. The lowest BCUT2D eigenvalue weighted by Crippen LogP contribution is -2.39. The Kier molecular flexibility index (Phi) is 7.42. The molecule has 3 aromatic rings. The lowest BCUT2D eigenvalue weighted by atomic mass is 9.93. The van der Waals surface area contributed by atoms with Gasteiger partial charge in [-0.05, 0) is 67.5 Å². The quantitative estimate of drug-likeness (QED) is 0.351. The summed E-state index contributed by atoms with van der Waals surface area (Å²) in [4.78, 5) is 17.7. The van der Waals surface area contributed by atoms with E-state index in [1.165, 1.54) is 18.9 Å². The van der Waals surface area contributed by atoms with Crippen molar-refractivity contribution in [2.75, 3.05) is 58.4 Å². The largest absolute Gasteiger partial charge is 0.395 e. The van der Waals surface area contributed by atoms with Gasteiger partial charge in [0.1, 0.15) is 5.52 Å². The number of halogens is 2. The Labute approximate surface area is 243 Å². The average molecular weight is 601 g/mol. The number of carbonyl (C=O) groups is 1. The number of alkyl halides is 2. The first-order valence-electron chi connectivity index (χ1n) is 14.3. The highest BCUT2D eigenvalue weighted by Crippen LogP contribution is 2.54. The van der Waals surface area contributed by atoms with E-state index in [0.717, 1.165) is 31.3 Å². The van der Waals surface area contributed by atoms with Crippen molar-refractivity contribution < 1.29 is 27.1 Å². The van der Waals surface area contributed by atoms with Crippen molar-refractivity contribution in [1.29, 1.82) is 0 Å². The van der Waals surface area contributed by atoms with Crippen LogP contribution >= 0.6 is 0 Å². The number of aromatic nitrogens is 2. The number of anilines is 4. The second-order valence-corrected chi connectivity index (χ2v) is 13.5. The van der Waals surface area contributed by atoms with E-state index in [-0.39, 0.29) is 31.8 Å². The van der Waals surface area contributed by atoms with Crippen LogP contribution in [0.15, 0.2) is 42.6 Å². The molecule has 0 radical (unpaired) electrons. The van der Waals surface area contributed by atoms with Gasteiger partial charge in [0.2, 0.25) is 10.0 Å². The first kappa shape index (κ1) is 28.5. The highest BCUT2D eigenvalue weighted by Gasteiger charge is 2.44. The third kappa shape index (κ3) is 6.12. The molecule has 2 aromatic carbocycles. The molecule has 3 aliphatic rings. The van der Waals surface area contributed by atoms with Crippen LogP contribution in [0.2, 0.25) is 0 Å². The smallest absolute Gasteiger partial charge is 0.257 e. The maximum absolute atomic E-state index is 13.9. The Bertz CT molecular complexity index is 1590. The highest BCUT2D eigenvalue weighted by molar-refractivity contribution is 7.92. The lowest BCUT2D eigenvalue weighted by Gasteiger charge is -2.35. The molecular weight excluding hydrogens is 566 g/mol. The molecule has 3 heterocycles. The Balaban J connectivity index is 1.30. The number of hydrogen-bond acceptors (Lipinski definition) is 8. The Morgan fingerprint density at radius 1 is 0.905 bits per heavy atom. The van der Waals surface area contributed by atoms with Crippen molar-refractivity contribution >= 4 is 49.6 Å². The van der Waals surface area contributed by atoms with E-state index in [4.69, 9.17) is 5.11 Å². The molecule has 0 atom stereocenters. The molecule has 10 nitrogen and oxygen atoms in total. The van der Waals surface area contributed by atoms with Gasteiger partial charge in [-0.3, -0.25) is 9.52 Å². The SMILES string of the molecule is O=C(Nc1cc(N2CCC(F)(F)CC2)c2nnccc2c1)c1ccc(NS(=O)(=O)CCO)cc1N1CCC2(CC1)CC2. The Morgan fingerprint density at radius 3 is 2.26 bits per heavy atom. The number of nitrogens with zero attached hydrogens (tertiary/aromatic N) is 4. The second kappa shape index (κ2) is 10.9. The molecule has 1 aliphatic carbocycles. The predicted octanol–water partition coefficient (Wildman–Crippen LogP) is 4.23. The molecule has 13 heteroatoms. The van der Waals surface area contributed by atoms with Gasteiger partial charge in [-0.15, -0.1) is 5.10 Å². The van der Waals surface area contributed by atoms with Crippen LogP contribution < -0.4 is 19.8 Å². The maximum atomic E-state index is 13.9. The number of amides is 1. The molecule has 42 heavy (non-hydrogen) atoms. The molecule has 0 unspecified atom stereocenters. The van der Waals surface area contributed by atoms with E-state index in [0.29, 0.717) is 39.2 Å². The minimum Gasteiger partial charge on any atom is -0.395 e. The van der Waals surface area contributed by atoms with Gasteiger partial charge < -0.3 is 20.2 Å². The standard InChI is InChI=1S/C29H34F2N6O4S/c30-29(31)8-13-37(14-9-29)25-19-22(17-20-3-10-32-34-26(20)25)33-27(39)23-2-1-21(35-42(40,41)16-15-38)18-24(23)36-11-6-28(4-5-28)7-12-36/h1-3,10,17-19,35,38H,4-9,11-16H2,(H,33,39). The summed E-state index contributed by atoms with van der Waals surface area (Å²) in [5, 5.41) is 21.0. The summed E-state index contributed by atoms with van der Waals surface area (Å²) in [6, 6.07) is 10.1. The molecule has 6 rings (SSSR count). The summed E-state index contributed by atoms with van der Waals surface area (Å²) in [6.07, 6.45) is 5.48. The zero-order valence-electron chi connectivity index (χ0n) is 23.2. The number of aliphatic hydroxyl groups excluding tert-OH is 1. The first-order chi connectivity index (χ1) is 20.1. The zero-order valence-corrected chi connectivity index (χ0v) is 24.0. The van der Waals surface area contributed by atoms with Gasteiger partial charge in [0.15, 0.2) is 0 Å². The Hall–Kier alpha value is -3.58. The summed E-state index contributed by atoms with van der Waals surface area (Å²) in [6.45, 7) is 1.32. The molecule has 1 spiro atoms. The number of fused-ring (bicyclic) bond motifs is 1. The molecule has 2 aliphatic heterocycles. The van der Waals surface area contributed by atoms with Gasteiger partial charge in [-0.1, -0.05) is 0 Å². The first-order valence-corrected chi connectivity index (χ1v) is 15.9. The fraction of sp³-hybridized carbons (Fsp3) is 0.483. The predicted molar refractivity (Wildman–Crippen MR) is 158 cm³/mol. The van der Waals surface area contributed by atoms with Crippen LogP contribution in [0.1, 0.15) is 48.9 Å². The fourth-order valence-electron chi connectivity index (χ4n) is 5.97. The van der Waals surface area contributed by atoms with Crippen molar-refractivity contribution in [3.05, 3.63) is 48.2 Å². The summed E-state index contributed by atoms with van der Waals surface area (Å²) in [7, 11) is -3.75. The van der Waals surface area contributed by atoms with Crippen LogP contribution in [0.25, 0.3) is 10.9 Å². The van der Waals surface area contributed by atoms with E-state index < -0.39 is 28.3 Å². The molecule has 3 N–H and O–H groups in total. The fourth-order valence-corrected chi connectivity index (χ4v) is 6.80. The van der Waals surface area contributed by atoms with Crippen molar-refractivity contribution in [3.63, 3.8) is 0 Å². The van der Waals surface area contributed by atoms with Gasteiger partial charge in [0.25, 0.3) is 11.8 Å². The molecular formula is C29H34F2N6O4S. The monoisotopic (exact) mass is 600 g/mol. The van der Waals surface area contributed by atoms with Crippen molar-refractivity contribution in [3.8, 4) is 0 Å². The summed E-state index contributed by atoms with van der Waals surface area (Å²) >= 11 is 0. The van der Waals surface area contributed by atoms with E-state index in [1.807, 2.05) is 4.90 Å².